The van der Waals surface area contributed by atoms with Gasteiger partial charge in [0.05, 0.1) is 35.0 Å². The first-order valence-corrected chi connectivity index (χ1v) is 10.6. The first-order chi connectivity index (χ1) is 15.3. The van der Waals surface area contributed by atoms with Crippen LogP contribution in [0.1, 0.15) is 18.3 Å². The monoisotopic (exact) mass is 403 g/mol. The Kier molecular flexibility index (Phi) is 4.06. The number of rotatable bonds is 3. The van der Waals surface area contributed by atoms with Crippen molar-refractivity contribution >= 4 is 0 Å². The molecule has 0 fully saturated rings. The number of aromatic nitrogens is 5. The van der Waals surface area contributed by atoms with Crippen molar-refractivity contribution in [3.8, 4) is 39.6 Å². The maximum Gasteiger partial charge on any atom is 0.143 e. The van der Waals surface area contributed by atoms with Gasteiger partial charge in [0, 0.05) is 16.7 Å². The summed E-state index contributed by atoms with van der Waals surface area (Å²) in [5, 5.41) is 8.98. The summed E-state index contributed by atoms with van der Waals surface area (Å²) >= 11 is 0. The van der Waals surface area contributed by atoms with Crippen molar-refractivity contribution in [2.75, 3.05) is 0 Å². The maximum atomic E-state index is 5.22. The minimum atomic E-state index is 0.671. The second kappa shape index (κ2) is 7.06. The Labute approximate surface area is 180 Å². The Morgan fingerprint density at radius 2 is 1.48 bits per heavy atom. The number of aryl methyl sites for hydroxylation is 1. The van der Waals surface area contributed by atoms with Crippen molar-refractivity contribution in [3.05, 3.63) is 96.3 Å². The van der Waals surface area contributed by atoms with Gasteiger partial charge in [0.2, 0.25) is 0 Å². The van der Waals surface area contributed by atoms with Crippen molar-refractivity contribution in [3.63, 3.8) is 0 Å². The number of nitrogens with zero attached hydrogens (tertiary/aromatic N) is 5. The molecule has 0 N–H and O–H groups in total. The second-order valence-electron chi connectivity index (χ2n) is 7.72. The molecule has 0 aliphatic carbocycles. The molecular formula is C26H21N5. The van der Waals surface area contributed by atoms with E-state index in [2.05, 4.69) is 94.6 Å². The third-order valence-electron chi connectivity index (χ3n) is 5.92. The molecule has 0 unspecified atom stereocenters. The number of fused-ring (bicyclic) bond motifs is 5. The highest BCUT2D eigenvalue weighted by molar-refractivity contribution is 5.84. The zero-order chi connectivity index (χ0) is 20.8. The van der Waals surface area contributed by atoms with E-state index >= 15 is 0 Å². The van der Waals surface area contributed by atoms with Crippen molar-refractivity contribution in [1.29, 1.82) is 0 Å². The first kappa shape index (κ1) is 17.8. The Balaban J connectivity index is 1.72. The van der Waals surface area contributed by atoms with Crippen molar-refractivity contribution in [1.82, 2.24) is 24.5 Å². The molecule has 0 spiro atoms. The molecule has 0 saturated carbocycles. The largest absolute Gasteiger partial charge is 0.317 e. The smallest absolute Gasteiger partial charge is 0.143 e. The van der Waals surface area contributed by atoms with Gasteiger partial charge in [0.15, 0.2) is 0 Å². The highest BCUT2D eigenvalue weighted by Crippen LogP contribution is 2.40. The molecule has 5 aromatic rings. The minimum Gasteiger partial charge on any atom is -0.317 e. The number of imidazole rings is 1. The average molecular weight is 403 g/mol. The summed E-state index contributed by atoms with van der Waals surface area (Å²) in [4.78, 5) is 5.22. The van der Waals surface area contributed by atoms with Gasteiger partial charge in [-0.3, -0.25) is 0 Å². The molecule has 1 aliphatic heterocycles. The number of para-hydroxylation sites is 1. The van der Waals surface area contributed by atoms with Gasteiger partial charge in [0.1, 0.15) is 5.82 Å². The zero-order valence-electron chi connectivity index (χ0n) is 17.2. The lowest BCUT2D eigenvalue weighted by Crippen LogP contribution is -2.07. The minimum absolute atomic E-state index is 0.671. The van der Waals surface area contributed by atoms with Gasteiger partial charge in [-0.2, -0.15) is 0 Å². The van der Waals surface area contributed by atoms with Crippen LogP contribution in [0.5, 0.6) is 0 Å². The van der Waals surface area contributed by atoms with E-state index in [0.717, 1.165) is 57.4 Å². The molecule has 0 radical (unpaired) electrons. The molecular weight excluding hydrogens is 382 g/mol. The van der Waals surface area contributed by atoms with Crippen LogP contribution in [0.3, 0.4) is 0 Å². The molecule has 0 bridgehead atoms. The molecule has 5 heteroatoms. The van der Waals surface area contributed by atoms with Crippen LogP contribution >= 0.6 is 0 Å². The molecule has 6 rings (SSSR count). The van der Waals surface area contributed by atoms with Crippen LogP contribution in [0.2, 0.25) is 0 Å². The fourth-order valence-electron chi connectivity index (χ4n) is 4.45. The fraction of sp³-hybridized carbons (Fsp3) is 0.115. The van der Waals surface area contributed by atoms with Gasteiger partial charge in [-0.05, 0) is 18.6 Å². The second-order valence-corrected chi connectivity index (χ2v) is 7.72. The van der Waals surface area contributed by atoms with Gasteiger partial charge in [-0.25, -0.2) is 9.67 Å². The summed E-state index contributed by atoms with van der Waals surface area (Å²) in [5.41, 5.74) is 8.60. The molecule has 31 heavy (non-hydrogen) atoms. The molecule has 5 nitrogen and oxygen atoms in total. The average Bonchev–Trinajstić information content (AvgIpc) is 3.39. The quantitative estimate of drug-likeness (QED) is 0.398. The van der Waals surface area contributed by atoms with E-state index in [9.17, 15) is 0 Å². The van der Waals surface area contributed by atoms with Gasteiger partial charge in [-0.15, -0.1) is 5.10 Å². The Hall–Kier alpha value is -3.99. The lowest BCUT2D eigenvalue weighted by Gasteiger charge is -2.12. The van der Waals surface area contributed by atoms with Crippen molar-refractivity contribution < 1.29 is 0 Å². The lowest BCUT2D eigenvalue weighted by atomic mass is 10.0. The number of hydrogen-bond donors (Lipinski definition) is 0. The fourth-order valence-corrected chi connectivity index (χ4v) is 4.45. The topological polar surface area (TPSA) is 48.5 Å². The predicted octanol–water partition coefficient (Wildman–Crippen LogP) is 5.39. The standard InChI is InChI=1S/C26H21N5/c1-2-21-23-17-30-25(19-13-7-4-8-14-19)24(18-11-5-3-6-12-18)27-26(30)20-15-9-10-16-22(20)31(23)29-28-21/h3-16H,2,17H2,1H3. The van der Waals surface area contributed by atoms with E-state index in [1.807, 2.05) is 16.8 Å². The van der Waals surface area contributed by atoms with E-state index in [0.29, 0.717) is 6.54 Å². The van der Waals surface area contributed by atoms with Crippen LogP contribution in [0.15, 0.2) is 84.9 Å². The zero-order valence-corrected chi connectivity index (χ0v) is 17.2. The van der Waals surface area contributed by atoms with Crippen molar-refractivity contribution in [2.45, 2.75) is 19.9 Å². The highest BCUT2D eigenvalue weighted by Gasteiger charge is 2.28. The third kappa shape index (κ3) is 2.74. The third-order valence-corrected chi connectivity index (χ3v) is 5.92. The van der Waals surface area contributed by atoms with Crippen LogP contribution in [-0.2, 0) is 13.0 Å². The highest BCUT2D eigenvalue weighted by atomic mass is 15.4. The molecule has 0 atom stereocenters. The molecule has 3 aromatic carbocycles. The van der Waals surface area contributed by atoms with E-state index in [1.54, 1.807) is 0 Å². The van der Waals surface area contributed by atoms with Crippen molar-refractivity contribution in [2.24, 2.45) is 0 Å². The van der Waals surface area contributed by atoms with Crippen LogP contribution in [-0.4, -0.2) is 24.5 Å². The maximum absolute atomic E-state index is 5.22. The Morgan fingerprint density at radius 1 is 0.806 bits per heavy atom. The summed E-state index contributed by atoms with van der Waals surface area (Å²) in [6.45, 7) is 2.80. The van der Waals surface area contributed by atoms with Gasteiger partial charge in [0.25, 0.3) is 0 Å². The van der Waals surface area contributed by atoms with E-state index in [4.69, 9.17) is 4.98 Å². The molecule has 150 valence electrons. The van der Waals surface area contributed by atoms with E-state index in [1.165, 1.54) is 0 Å². The number of hydrogen-bond acceptors (Lipinski definition) is 3. The summed E-state index contributed by atoms with van der Waals surface area (Å²) in [6.07, 6.45) is 0.841. The summed E-state index contributed by atoms with van der Waals surface area (Å²) in [6, 6.07) is 29.3. The predicted molar refractivity (Wildman–Crippen MR) is 122 cm³/mol. The van der Waals surface area contributed by atoms with Gasteiger partial charge in [-0.1, -0.05) is 84.9 Å². The SMILES string of the molecule is CCc1nnn2c1Cn1c(nc(-c3ccccc3)c1-c1ccccc1)-c1ccccc1-2. The van der Waals surface area contributed by atoms with Crippen LogP contribution in [0.25, 0.3) is 39.6 Å². The Bertz CT molecular complexity index is 1380. The molecule has 0 saturated heterocycles. The Morgan fingerprint density at radius 3 is 2.23 bits per heavy atom. The van der Waals surface area contributed by atoms with Gasteiger partial charge >= 0.3 is 0 Å². The number of benzene rings is 3. The summed E-state index contributed by atoms with van der Waals surface area (Å²) in [5.74, 6) is 0.959. The first-order valence-electron chi connectivity index (χ1n) is 10.6. The normalized spacial score (nSPS) is 12.0. The molecule has 1 aliphatic rings. The van der Waals surface area contributed by atoms with E-state index in [-0.39, 0.29) is 0 Å². The summed E-state index contributed by atoms with van der Waals surface area (Å²) in [7, 11) is 0. The van der Waals surface area contributed by atoms with Crippen LogP contribution in [0.4, 0.5) is 0 Å². The van der Waals surface area contributed by atoms with Crippen LogP contribution in [0, 0.1) is 0 Å². The molecule has 2 aromatic heterocycles. The van der Waals surface area contributed by atoms with Crippen LogP contribution < -0.4 is 0 Å². The lowest BCUT2D eigenvalue weighted by molar-refractivity contribution is 0.729. The molecule has 3 heterocycles. The summed E-state index contributed by atoms with van der Waals surface area (Å²) < 4.78 is 4.32. The van der Waals surface area contributed by atoms with E-state index < -0.39 is 0 Å². The van der Waals surface area contributed by atoms with Gasteiger partial charge < -0.3 is 4.57 Å². The molecule has 0 amide bonds.